The highest BCUT2D eigenvalue weighted by Crippen LogP contribution is 2.42. The third-order valence-electron chi connectivity index (χ3n) is 9.15. The minimum atomic E-state index is -2.76. The quantitative estimate of drug-likeness (QED) is 0.118. The van der Waals surface area contributed by atoms with E-state index in [0.717, 1.165) is 69.0 Å². The van der Waals surface area contributed by atoms with Crippen LogP contribution in [0, 0.1) is 11.5 Å². The molecule has 4 heterocycles. The fraction of sp³-hybridized carbons (Fsp3) is 0.444. The van der Waals surface area contributed by atoms with Crippen LogP contribution in [0.5, 0.6) is 5.75 Å². The Kier molecular flexibility index (Phi) is 10.9. The van der Waals surface area contributed by atoms with Gasteiger partial charge in [0.2, 0.25) is 5.95 Å². The molecule has 0 saturated carbocycles. The molecule has 0 spiro atoms. The van der Waals surface area contributed by atoms with Gasteiger partial charge in [-0.15, -0.1) is 5.54 Å². The number of hydrogen-bond acceptors (Lipinski definition) is 11. The second-order valence-electron chi connectivity index (χ2n) is 14.5. The van der Waals surface area contributed by atoms with Gasteiger partial charge in [0.15, 0.2) is 0 Å². The predicted octanol–water partition coefficient (Wildman–Crippen LogP) is 6.37. The van der Waals surface area contributed by atoms with Crippen molar-refractivity contribution in [2.75, 3.05) is 82.3 Å². The SMILES string of the molecule is COc1cc(N2CCC(N3CCN(C)CC3)CC2)c(C#C[Si](C)(C)C)cc1Nc1ncc(Br)c(Nc2ccc3nccnc3c2P(C)(C)=O)n1. The van der Waals surface area contributed by atoms with Gasteiger partial charge in [0, 0.05) is 75.5 Å². The highest BCUT2D eigenvalue weighted by atomic mass is 79.9. The van der Waals surface area contributed by atoms with Gasteiger partial charge >= 0.3 is 0 Å². The van der Waals surface area contributed by atoms with Gasteiger partial charge < -0.3 is 29.7 Å². The number of anilines is 5. The largest absolute Gasteiger partial charge is 0.494 e. The molecule has 2 aliphatic rings. The van der Waals surface area contributed by atoms with E-state index >= 15 is 0 Å². The van der Waals surface area contributed by atoms with Gasteiger partial charge in [-0.2, -0.15) is 4.98 Å². The number of hydrogen-bond donors (Lipinski definition) is 2. The van der Waals surface area contributed by atoms with E-state index in [0.29, 0.717) is 50.1 Å². The first-order valence-electron chi connectivity index (χ1n) is 17.1. The van der Waals surface area contributed by atoms with Crippen LogP contribution >= 0.6 is 23.1 Å². The molecule has 0 atom stereocenters. The van der Waals surface area contributed by atoms with Crippen LogP contribution in [0.4, 0.5) is 28.8 Å². The van der Waals surface area contributed by atoms with Crippen molar-refractivity contribution in [2.45, 2.75) is 38.5 Å². The summed E-state index contributed by atoms with van der Waals surface area (Å²) in [6.45, 7) is 16.8. The molecular weight excluding hydrogens is 729 g/mol. The molecule has 0 unspecified atom stereocenters. The average molecular weight is 777 g/mol. The van der Waals surface area contributed by atoms with Crippen LogP contribution in [0.25, 0.3) is 11.0 Å². The normalized spacial score (nSPS) is 16.6. The number of nitrogens with one attached hydrogen (secondary N) is 2. The summed E-state index contributed by atoms with van der Waals surface area (Å²) in [7, 11) is -0.523. The van der Waals surface area contributed by atoms with E-state index in [1.807, 2.05) is 12.1 Å². The summed E-state index contributed by atoms with van der Waals surface area (Å²) < 4.78 is 20.1. The van der Waals surface area contributed by atoms with Gasteiger partial charge in [-0.25, -0.2) is 4.98 Å². The number of piperidine rings is 1. The number of benzene rings is 2. The maximum atomic E-state index is 13.5. The Bertz CT molecular complexity index is 1970. The number of halogens is 1. The molecule has 0 amide bonds. The van der Waals surface area contributed by atoms with E-state index in [9.17, 15) is 4.57 Å². The molecule has 2 aliphatic heterocycles. The first-order valence-corrected chi connectivity index (χ1v) is 24.0. The number of methoxy groups -OCH3 is 1. The monoisotopic (exact) mass is 775 g/mol. The van der Waals surface area contributed by atoms with E-state index in [-0.39, 0.29) is 0 Å². The van der Waals surface area contributed by atoms with E-state index in [2.05, 4.69) is 107 Å². The van der Waals surface area contributed by atoms with Crippen LogP contribution < -0.4 is 25.6 Å². The molecule has 14 heteroatoms. The van der Waals surface area contributed by atoms with Crippen LogP contribution in [0.3, 0.4) is 0 Å². The van der Waals surface area contributed by atoms with E-state index < -0.39 is 15.2 Å². The van der Waals surface area contributed by atoms with Gasteiger partial charge in [-0.1, -0.05) is 25.6 Å². The average Bonchev–Trinajstić information content (AvgIpc) is 3.08. The zero-order valence-electron chi connectivity index (χ0n) is 30.0. The number of piperazine rings is 1. The standard InChI is InChI=1S/C36H47BrN9O2PSi/c1-44-17-19-45(20-18-44)26-10-15-46(16-11-26)31-23-32(48-2)30(22-25(31)12-21-50(5,6)7)42-36-40-24-27(37)35(43-36)41-29-9-8-28-33(39-14-13-38-28)34(29)49(3,4)47/h8-9,13-14,22-24,26H,10-11,15-20H2,1-7H3,(H2,40,41,42,43). The number of fused-ring (bicyclic) bond motifs is 1. The number of rotatable bonds is 8. The van der Waals surface area contributed by atoms with Crippen molar-refractivity contribution in [1.29, 1.82) is 0 Å². The van der Waals surface area contributed by atoms with Gasteiger partial charge in [0.25, 0.3) is 0 Å². The predicted molar refractivity (Wildman–Crippen MR) is 212 cm³/mol. The Morgan fingerprint density at radius 2 is 1.68 bits per heavy atom. The molecule has 11 nitrogen and oxygen atoms in total. The van der Waals surface area contributed by atoms with E-state index in [4.69, 9.17) is 9.72 Å². The Morgan fingerprint density at radius 3 is 2.36 bits per heavy atom. The number of aromatic nitrogens is 4. The fourth-order valence-electron chi connectivity index (χ4n) is 6.54. The van der Waals surface area contributed by atoms with Crippen LogP contribution in [-0.2, 0) is 4.57 Å². The highest BCUT2D eigenvalue weighted by molar-refractivity contribution is 9.10. The molecule has 2 fully saturated rings. The summed E-state index contributed by atoms with van der Waals surface area (Å²) in [6.07, 6.45) is 7.20. The number of ether oxygens (including phenoxy) is 1. The summed E-state index contributed by atoms with van der Waals surface area (Å²) in [5.74, 6) is 5.13. The first kappa shape index (κ1) is 36.3. The molecule has 50 heavy (non-hydrogen) atoms. The van der Waals surface area contributed by atoms with E-state index in [1.165, 1.54) is 0 Å². The molecule has 0 aliphatic carbocycles. The summed E-state index contributed by atoms with van der Waals surface area (Å²) in [6, 6.07) is 8.52. The minimum Gasteiger partial charge on any atom is -0.494 e. The zero-order chi connectivity index (χ0) is 35.6. The lowest BCUT2D eigenvalue weighted by Gasteiger charge is -2.42. The first-order chi connectivity index (χ1) is 23.8. The van der Waals surface area contributed by atoms with Crippen LogP contribution in [0.2, 0.25) is 19.6 Å². The lowest BCUT2D eigenvalue weighted by atomic mass is 10.00. The molecule has 2 saturated heterocycles. The van der Waals surface area contributed by atoms with Crippen LogP contribution in [0.15, 0.2) is 47.3 Å². The molecule has 4 aromatic rings. The Labute approximate surface area is 305 Å². The van der Waals surface area contributed by atoms with Crippen molar-refractivity contribution in [3.8, 4) is 17.2 Å². The molecular formula is C36H47BrN9O2PSi. The third-order valence-corrected chi connectivity index (χ3v) is 12.1. The zero-order valence-corrected chi connectivity index (χ0v) is 33.5. The fourth-order valence-corrected chi connectivity index (χ4v) is 8.73. The van der Waals surface area contributed by atoms with Gasteiger partial charge in [0.1, 0.15) is 32.3 Å². The maximum absolute atomic E-state index is 13.5. The van der Waals surface area contributed by atoms with Crippen molar-refractivity contribution >= 4 is 76.3 Å². The molecule has 6 rings (SSSR count). The lowest BCUT2D eigenvalue weighted by Crippen LogP contribution is -2.52. The third kappa shape index (κ3) is 8.49. The van der Waals surface area contributed by atoms with Crippen molar-refractivity contribution in [3.05, 3.63) is 52.9 Å². The van der Waals surface area contributed by atoms with Crippen LogP contribution in [-0.4, -0.2) is 111 Å². The Morgan fingerprint density at radius 1 is 0.960 bits per heavy atom. The summed E-state index contributed by atoms with van der Waals surface area (Å²) in [5, 5.41) is 7.41. The van der Waals surface area contributed by atoms with Crippen molar-refractivity contribution in [1.82, 2.24) is 29.7 Å². The Hall–Kier alpha value is -3.53. The molecule has 0 radical (unpaired) electrons. The highest BCUT2D eigenvalue weighted by Gasteiger charge is 2.28. The summed E-state index contributed by atoms with van der Waals surface area (Å²) >= 11 is 3.60. The smallest absolute Gasteiger partial charge is 0.229 e. The molecule has 2 aromatic carbocycles. The van der Waals surface area contributed by atoms with Gasteiger partial charge in [-0.05, 0) is 67.3 Å². The Balaban J connectivity index is 1.29. The van der Waals surface area contributed by atoms with Crippen molar-refractivity contribution in [2.24, 2.45) is 0 Å². The van der Waals surface area contributed by atoms with E-state index in [1.54, 1.807) is 39.0 Å². The van der Waals surface area contributed by atoms with Crippen molar-refractivity contribution in [3.63, 3.8) is 0 Å². The van der Waals surface area contributed by atoms with Gasteiger partial charge in [-0.3, -0.25) is 14.9 Å². The molecule has 264 valence electrons. The molecule has 2 aromatic heterocycles. The van der Waals surface area contributed by atoms with Crippen LogP contribution in [0.1, 0.15) is 18.4 Å². The maximum Gasteiger partial charge on any atom is 0.229 e. The minimum absolute atomic E-state index is 0.372. The number of nitrogens with zero attached hydrogens (tertiary/aromatic N) is 7. The summed E-state index contributed by atoms with van der Waals surface area (Å²) in [4.78, 5) is 25.9. The topological polar surface area (TPSA) is 112 Å². The summed E-state index contributed by atoms with van der Waals surface area (Å²) in [5.41, 5.74) is 8.32. The van der Waals surface area contributed by atoms with Gasteiger partial charge in [0.05, 0.1) is 39.5 Å². The second-order valence-corrected chi connectivity index (χ2v) is 23.3. The molecule has 2 N–H and O–H groups in total. The number of likely N-dealkylation sites (N-methyl/N-ethyl adjacent to an activating group) is 1. The lowest BCUT2D eigenvalue weighted by molar-refractivity contribution is 0.0982. The van der Waals surface area contributed by atoms with Crippen molar-refractivity contribution < 1.29 is 9.30 Å². The molecule has 0 bridgehead atoms. The second kappa shape index (κ2) is 15.0.